The van der Waals surface area contributed by atoms with Gasteiger partial charge in [-0.3, -0.25) is 0 Å². The van der Waals surface area contributed by atoms with Gasteiger partial charge in [-0.15, -0.1) is 11.3 Å². The van der Waals surface area contributed by atoms with Gasteiger partial charge in [0.15, 0.2) is 0 Å². The van der Waals surface area contributed by atoms with Crippen LogP contribution in [0.3, 0.4) is 0 Å². The van der Waals surface area contributed by atoms with Crippen LogP contribution < -0.4 is 0 Å². The van der Waals surface area contributed by atoms with Crippen LogP contribution in [0.4, 0.5) is 0 Å². The van der Waals surface area contributed by atoms with E-state index in [1.54, 1.807) is 0 Å². The van der Waals surface area contributed by atoms with Crippen molar-refractivity contribution >= 4 is 11.3 Å². The summed E-state index contributed by atoms with van der Waals surface area (Å²) in [6.07, 6.45) is 0.231. The van der Waals surface area contributed by atoms with Crippen LogP contribution in [0.2, 0.25) is 0 Å². The molecule has 5 rings (SSSR count). The Morgan fingerprint density at radius 3 is 2.29 bits per heavy atom. The Morgan fingerprint density at radius 1 is 0.792 bits per heavy atom. The Bertz CT molecular complexity index is 917. The molecule has 2 aliphatic rings. The highest BCUT2D eigenvalue weighted by molar-refractivity contribution is 7.10. The minimum Gasteiger partial charge on any atom is -0.364 e. The molecule has 3 heterocycles. The zero-order chi connectivity index (χ0) is 15.9. The van der Waals surface area contributed by atoms with Gasteiger partial charge in [0.1, 0.15) is 0 Å². The third-order valence-corrected chi connectivity index (χ3v) is 5.94. The highest BCUT2D eigenvalue weighted by atomic mass is 32.1. The Morgan fingerprint density at radius 2 is 1.54 bits per heavy atom. The standard InChI is InChI=1S/C22H16OS/c1-2-7-15(8-3-1)12-13-18-20(19-11-6-14-24-19)22-17-10-5-4-9-16(17)21(18)23-22/h1-11,14,18,20-22H/t18-,20-,21+,22-/m1/s1. The second-order valence-corrected chi connectivity index (χ2v) is 7.29. The largest absolute Gasteiger partial charge is 0.364 e. The molecule has 0 unspecified atom stereocenters. The van der Waals surface area contributed by atoms with E-state index in [0.29, 0.717) is 5.92 Å². The Labute approximate surface area is 145 Å². The predicted molar refractivity (Wildman–Crippen MR) is 96.9 cm³/mol. The van der Waals surface area contributed by atoms with Crippen molar-refractivity contribution in [2.24, 2.45) is 5.92 Å². The maximum atomic E-state index is 6.38. The molecule has 2 aliphatic heterocycles. The smallest absolute Gasteiger partial charge is 0.0982 e. The molecule has 24 heavy (non-hydrogen) atoms. The van der Waals surface area contributed by atoms with Gasteiger partial charge in [-0.2, -0.15) is 0 Å². The highest BCUT2D eigenvalue weighted by Gasteiger charge is 2.52. The first-order chi connectivity index (χ1) is 11.9. The van der Waals surface area contributed by atoms with Crippen molar-refractivity contribution in [3.05, 3.63) is 93.7 Å². The molecule has 2 aromatic carbocycles. The van der Waals surface area contributed by atoms with Crippen LogP contribution in [0.25, 0.3) is 0 Å². The van der Waals surface area contributed by atoms with Crippen LogP contribution in [0.5, 0.6) is 0 Å². The quantitative estimate of drug-likeness (QED) is 0.549. The summed E-state index contributed by atoms with van der Waals surface area (Å²) >= 11 is 1.81. The number of benzene rings is 2. The summed E-state index contributed by atoms with van der Waals surface area (Å²) in [7, 11) is 0. The summed E-state index contributed by atoms with van der Waals surface area (Å²) in [5.74, 6) is 7.46. The summed E-state index contributed by atoms with van der Waals surface area (Å²) in [4.78, 5) is 1.38. The molecular formula is C22H16OS. The van der Waals surface area contributed by atoms with Gasteiger partial charge < -0.3 is 4.74 Å². The average Bonchev–Trinajstić information content (AvgIpc) is 3.36. The predicted octanol–water partition coefficient (Wildman–Crippen LogP) is 5.33. The van der Waals surface area contributed by atoms with Crippen molar-refractivity contribution in [3.63, 3.8) is 0 Å². The summed E-state index contributed by atoms with van der Waals surface area (Å²) < 4.78 is 6.38. The minimum atomic E-state index is 0.0921. The molecule has 1 fully saturated rings. The molecule has 3 aromatic rings. The van der Waals surface area contributed by atoms with Crippen LogP contribution >= 0.6 is 11.3 Å². The number of fused-ring (bicyclic) bond motifs is 5. The summed E-state index contributed by atoms with van der Waals surface area (Å²) in [5, 5.41) is 2.15. The van der Waals surface area contributed by atoms with Crippen LogP contribution in [-0.2, 0) is 4.74 Å². The molecule has 2 heteroatoms. The minimum absolute atomic E-state index is 0.0921. The van der Waals surface area contributed by atoms with E-state index in [0.717, 1.165) is 5.56 Å². The number of hydrogen-bond acceptors (Lipinski definition) is 2. The highest BCUT2D eigenvalue weighted by Crippen LogP contribution is 2.61. The van der Waals surface area contributed by atoms with Crippen LogP contribution in [0.1, 0.15) is 39.7 Å². The van der Waals surface area contributed by atoms with E-state index < -0.39 is 0 Å². The van der Waals surface area contributed by atoms with E-state index in [1.807, 2.05) is 29.5 Å². The Hall–Kier alpha value is -2.34. The van der Waals surface area contributed by atoms with Crippen molar-refractivity contribution in [1.82, 2.24) is 0 Å². The Kier molecular flexibility index (Phi) is 3.29. The molecular weight excluding hydrogens is 312 g/mol. The SMILES string of the molecule is C(#C[C@@H]1[C@H](c2cccs2)[C@@H]2O[C@H]1c1ccccc12)c1ccccc1. The lowest BCUT2D eigenvalue weighted by atomic mass is 9.75. The van der Waals surface area contributed by atoms with E-state index in [4.69, 9.17) is 4.74 Å². The molecule has 0 spiro atoms. The van der Waals surface area contributed by atoms with E-state index in [-0.39, 0.29) is 18.1 Å². The first kappa shape index (κ1) is 14.0. The molecule has 1 aromatic heterocycles. The van der Waals surface area contributed by atoms with Gasteiger partial charge in [0, 0.05) is 16.4 Å². The molecule has 1 saturated heterocycles. The zero-order valence-electron chi connectivity index (χ0n) is 13.1. The van der Waals surface area contributed by atoms with Gasteiger partial charge in [0.05, 0.1) is 18.1 Å². The summed E-state index contributed by atoms with van der Waals surface area (Å²) in [6, 6.07) is 23.2. The normalized spacial score (nSPS) is 26.7. The molecule has 0 aliphatic carbocycles. The van der Waals surface area contributed by atoms with E-state index in [1.165, 1.54) is 16.0 Å². The summed E-state index contributed by atoms with van der Waals surface area (Å²) in [5.41, 5.74) is 3.74. The van der Waals surface area contributed by atoms with Crippen molar-refractivity contribution in [1.29, 1.82) is 0 Å². The van der Waals surface area contributed by atoms with Gasteiger partial charge in [-0.25, -0.2) is 0 Å². The van der Waals surface area contributed by atoms with Crippen molar-refractivity contribution in [2.75, 3.05) is 0 Å². The molecule has 0 saturated carbocycles. The Balaban J connectivity index is 1.59. The number of rotatable bonds is 1. The number of hydrogen-bond donors (Lipinski definition) is 0. The molecule has 1 nitrogen and oxygen atoms in total. The first-order valence-corrected chi connectivity index (χ1v) is 9.14. The first-order valence-electron chi connectivity index (χ1n) is 8.26. The third kappa shape index (κ3) is 2.13. The monoisotopic (exact) mass is 328 g/mol. The fourth-order valence-electron chi connectivity index (χ4n) is 3.93. The molecule has 4 atom stereocenters. The van der Waals surface area contributed by atoms with Gasteiger partial charge in [-0.05, 0) is 34.7 Å². The van der Waals surface area contributed by atoms with Crippen molar-refractivity contribution in [3.8, 4) is 11.8 Å². The number of ether oxygens (including phenoxy) is 1. The molecule has 0 amide bonds. The van der Waals surface area contributed by atoms with Crippen molar-refractivity contribution in [2.45, 2.75) is 18.1 Å². The fraction of sp³-hybridized carbons (Fsp3) is 0.182. The fourth-order valence-corrected chi connectivity index (χ4v) is 4.83. The lowest BCUT2D eigenvalue weighted by Gasteiger charge is -2.25. The van der Waals surface area contributed by atoms with Gasteiger partial charge >= 0.3 is 0 Å². The molecule has 2 bridgehead atoms. The third-order valence-electron chi connectivity index (χ3n) is 4.97. The van der Waals surface area contributed by atoms with Gasteiger partial charge in [0.25, 0.3) is 0 Å². The second-order valence-electron chi connectivity index (χ2n) is 6.31. The van der Waals surface area contributed by atoms with E-state index in [9.17, 15) is 0 Å². The lowest BCUT2D eigenvalue weighted by Crippen LogP contribution is -2.18. The molecule has 0 N–H and O–H groups in total. The molecule has 0 radical (unpaired) electrons. The topological polar surface area (TPSA) is 9.23 Å². The van der Waals surface area contributed by atoms with Crippen LogP contribution in [-0.4, -0.2) is 0 Å². The number of thiophene rings is 1. The van der Waals surface area contributed by atoms with Crippen LogP contribution in [0, 0.1) is 17.8 Å². The van der Waals surface area contributed by atoms with Gasteiger partial charge in [0.2, 0.25) is 0 Å². The van der Waals surface area contributed by atoms with Crippen molar-refractivity contribution < 1.29 is 4.74 Å². The average molecular weight is 328 g/mol. The maximum absolute atomic E-state index is 6.38. The lowest BCUT2D eigenvalue weighted by molar-refractivity contribution is 0.0629. The maximum Gasteiger partial charge on any atom is 0.0982 e. The van der Waals surface area contributed by atoms with Gasteiger partial charge in [-0.1, -0.05) is 60.4 Å². The van der Waals surface area contributed by atoms with E-state index in [2.05, 4.69) is 65.8 Å². The molecule has 116 valence electrons. The van der Waals surface area contributed by atoms with Crippen LogP contribution in [0.15, 0.2) is 72.1 Å². The summed E-state index contributed by atoms with van der Waals surface area (Å²) in [6.45, 7) is 0. The zero-order valence-corrected chi connectivity index (χ0v) is 13.9. The van der Waals surface area contributed by atoms with E-state index >= 15 is 0 Å². The second kappa shape index (κ2) is 5.63.